The summed E-state index contributed by atoms with van der Waals surface area (Å²) in [5.74, 6) is -1.31. The average Bonchev–Trinajstić information content (AvgIpc) is 3.53. The number of amides is 4. The molecule has 1 aliphatic carbocycles. The third-order valence-corrected chi connectivity index (χ3v) is 7.83. The molecule has 2 aliphatic heterocycles. The molecule has 3 fully saturated rings. The summed E-state index contributed by atoms with van der Waals surface area (Å²) < 4.78 is 4.55. The zero-order valence-corrected chi connectivity index (χ0v) is 20.9. The first-order valence-corrected chi connectivity index (χ1v) is 12.7. The van der Waals surface area contributed by atoms with Crippen LogP contribution in [0.4, 0.5) is 4.79 Å². The first kappa shape index (κ1) is 26.3. The van der Waals surface area contributed by atoms with Gasteiger partial charge in [0.25, 0.3) is 0 Å². The van der Waals surface area contributed by atoms with Crippen molar-refractivity contribution in [2.45, 2.75) is 50.7 Å². The van der Waals surface area contributed by atoms with Crippen molar-refractivity contribution >= 4 is 23.8 Å². The predicted molar refractivity (Wildman–Crippen MR) is 131 cm³/mol. The number of phenols is 1. The predicted octanol–water partition coefficient (Wildman–Crippen LogP) is 1.12. The van der Waals surface area contributed by atoms with Crippen molar-refractivity contribution < 1.29 is 29.0 Å². The smallest absolute Gasteiger partial charge is 0.407 e. The molecule has 1 aromatic carbocycles. The van der Waals surface area contributed by atoms with Crippen molar-refractivity contribution in [3.63, 3.8) is 0 Å². The number of carbonyl (C=O) groups is 4. The van der Waals surface area contributed by atoms with Crippen LogP contribution in [0.5, 0.6) is 5.75 Å². The van der Waals surface area contributed by atoms with E-state index in [9.17, 15) is 29.5 Å². The summed E-state index contributed by atoms with van der Waals surface area (Å²) in [6, 6.07) is 7.36. The van der Waals surface area contributed by atoms with Gasteiger partial charge in [0.05, 0.1) is 19.1 Å². The van der Waals surface area contributed by atoms with Crippen LogP contribution in [0.3, 0.4) is 0 Å². The number of para-hydroxylation sites is 1. The SMILES string of the molecule is COC(=O)NCC(=O)N1CC2CCCCC2[C@H]1C(=O)N1CC(C(=O)NCc2ccccc2O)CC1C#N. The maximum atomic E-state index is 13.9. The fourth-order valence-electron chi connectivity index (χ4n) is 5.92. The van der Waals surface area contributed by atoms with E-state index in [2.05, 4.69) is 21.4 Å². The number of rotatable bonds is 6. The molecule has 11 heteroatoms. The topological polar surface area (TPSA) is 152 Å². The molecule has 5 atom stereocenters. The molecule has 0 aromatic heterocycles. The van der Waals surface area contributed by atoms with Gasteiger partial charge in [-0.05, 0) is 37.2 Å². The standard InChI is InChI=1S/C26H33N5O6/c1-37-26(36)29-13-22(33)31-14-17-7-2-4-8-20(17)23(31)25(35)30-15-18(10-19(30)11-27)24(34)28-12-16-6-3-5-9-21(16)32/h3,5-6,9,17-20,23,32H,2,4,7-8,10,12-15H2,1H3,(H,28,34)(H,29,36)/t17?,18?,19?,20?,23-/m0/s1. The number of alkyl carbamates (subject to hydrolysis) is 1. The molecule has 0 bridgehead atoms. The summed E-state index contributed by atoms with van der Waals surface area (Å²) in [5, 5.41) is 24.9. The van der Waals surface area contributed by atoms with Crippen molar-refractivity contribution in [2.24, 2.45) is 17.8 Å². The summed E-state index contributed by atoms with van der Waals surface area (Å²) in [6.45, 7) is 0.363. The van der Waals surface area contributed by atoms with Gasteiger partial charge in [0.2, 0.25) is 17.7 Å². The highest BCUT2D eigenvalue weighted by molar-refractivity contribution is 5.91. The van der Waals surface area contributed by atoms with Crippen molar-refractivity contribution in [1.82, 2.24) is 20.4 Å². The minimum Gasteiger partial charge on any atom is -0.508 e. The molecule has 4 rings (SSSR count). The van der Waals surface area contributed by atoms with Crippen molar-refractivity contribution in [3.05, 3.63) is 29.8 Å². The molecule has 4 amide bonds. The van der Waals surface area contributed by atoms with E-state index in [1.807, 2.05) is 0 Å². The number of carbonyl (C=O) groups excluding carboxylic acids is 4. The minimum absolute atomic E-state index is 0.0170. The van der Waals surface area contributed by atoms with Gasteiger partial charge in [-0.25, -0.2) is 4.79 Å². The van der Waals surface area contributed by atoms with Gasteiger partial charge in [-0.2, -0.15) is 5.26 Å². The number of phenolic OH excluding ortho intramolecular Hbond substituents is 1. The van der Waals surface area contributed by atoms with Crippen LogP contribution >= 0.6 is 0 Å². The third kappa shape index (κ3) is 5.63. The van der Waals surface area contributed by atoms with Crippen LogP contribution in [0.15, 0.2) is 24.3 Å². The lowest BCUT2D eigenvalue weighted by molar-refractivity contribution is -0.145. The maximum Gasteiger partial charge on any atom is 0.407 e. The Kier molecular flexibility index (Phi) is 8.16. The van der Waals surface area contributed by atoms with Crippen LogP contribution in [0.1, 0.15) is 37.7 Å². The first-order chi connectivity index (χ1) is 17.8. The summed E-state index contributed by atoms with van der Waals surface area (Å²) in [7, 11) is 1.21. The molecule has 1 aromatic rings. The quantitative estimate of drug-likeness (QED) is 0.518. The van der Waals surface area contributed by atoms with Crippen LogP contribution in [-0.4, -0.2) is 77.5 Å². The zero-order valence-electron chi connectivity index (χ0n) is 20.9. The van der Waals surface area contributed by atoms with Crippen LogP contribution in [0, 0.1) is 29.1 Å². The molecule has 2 heterocycles. The Bertz CT molecular complexity index is 1090. The van der Waals surface area contributed by atoms with Gasteiger partial charge >= 0.3 is 6.09 Å². The first-order valence-electron chi connectivity index (χ1n) is 12.7. The highest BCUT2D eigenvalue weighted by Crippen LogP contribution is 2.42. The fraction of sp³-hybridized carbons (Fsp3) is 0.577. The molecule has 37 heavy (non-hydrogen) atoms. The van der Waals surface area contributed by atoms with Gasteiger partial charge in [0.1, 0.15) is 24.4 Å². The van der Waals surface area contributed by atoms with Crippen molar-refractivity contribution in [1.29, 1.82) is 5.26 Å². The van der Waals surface area contributed by atoms with E-state index < -0.39 is 24.1 Å². The average molecular weight is 512 g/mol. The van der Waals surface area contributed by atoms with E-state index in [4.69, 9.17) is 0 Å². The largest absolute Gasteiger partial charge is 0.508 e. The summed E-state index contributed by atoms with van der Waals surface area (Å²) in [4.78, 5) is 54.3. The summed E-state index contributed by atoms with van der Waals surface area (Å²) in [6.07, 6.45) is 3.20. The van der Waals surface area contributed by atoms with Gasteiger partial charge in [0, 0.05) is 25.2 Å². The second kappa shape index (κ2) is 11.5. The van der Waals surface area contributed by atoms with Gasteiger partial charge in [-0.3, -0.25) is 14.4 Å². The number of nitriles is 1. The van der Waals surface area contributed by atoms with E-state index in [1.54, 1.807) is 23.1 Å². The third-order valence-electron chi connectivity index (χ3n) is 7.83. The Morgan fingerprint density at radius 2 is 1.86 bits per heavy atom. The number of nitrogens with zero attached hydrogens (tertiary/aromatic N) is 3. The van der Waals surface area contributed by atoms with Crippen molar-refractivity contribution in [3.8, 4) is 11.8 Å². The number of methoxy groups -OCH3 is 1. The second-order valence-electron chi connectivity index (χ2n) is 9.96. The Labute approximate surface area is 215 Å². The molecule has 0 spiro atoms. The van der Waals surface area contributed by atoms with Crippen LogP contribution in [0.2, 0.25) is 0 Å². The van der Waals surface area contributed by atoms with E-state index in [1.165, 1.54) is 18.1 Å². The Hall–Kier alpha value is -3.81. The Balaban J connectivity index is 1.46. The van der Waals surface area contributed by atoms with Crippen LogP contribution in [-0.2, 0) is 25.7 Å². The zero-order chi connectivity index (χ0) is 26.5. The number of hydrogen-bond donors (Lipinski definition) is 3. The number of benzene rings is 1. The lowest BCUT2D eigenvalue weighted by Gasteiger charge is -2.33. The number of likely N-dealkylation sites (tertiary alicyclic amines) is 2. The molecule has 2 saturated heterocycles. The molecule has 4 unspecified atom stereocenters. The van der Waals surface area contributed by atoms with E-state index >= 15 is 0 Å². The molecule has 11 nitrogen and oxygen atoms in total. The molecular weight excluding hydrogens is 478 g/mol. The summed E-state index contributed by atoms with van der Waals surface area (Å²) in [5.41, 5.74) is 0.572. The number of fused-ring (bicyclic) bond motifs is 1. The Morgan fingerprint density at radius 1 is 1.11 bits per heavy atom. The number of ether oxygens (including phenoxy) is 1. The maximum absolute atomic E-state index is 13.9. The van der Waals surface area contributed by atoms with Gasteiger partial charge in [-0.1, -0.05) is 31.0 Å². The number of hydrogen-bond acceptors (Lipinski definition) is 7. The van der Waals surface area contributed by atoms with E-state index in [-0.39, 0.29) is 61.4 Å². The Morgan fingerprint density at radius 3 is 2.59 bits per heavy atom. The van der Waals surface area contributed by atoms with Crippen LogP contribution < -0.4 is 10.6 Å². The molecule has 198 valence electrons. The molecule has 0 radical (unpaired) electrons. The fourth-order valence-corrected chi connectivity index (χ4v) is 5.92. The second-order valence-corrected chi connectivity index (χ2v) is 9.96. The highest BCUT2D eigenvalue weighted by atomic mass is 16.5. The van der Waals surface area contributed by atoms with Crippen molar-refractivity contribution in [2.75, 3.05) is 26.7 Å². The molecule has 1 saturated carbocycles. The molecule has 3 aliphatic rings. The normalized spacial score (nSPS) is 26.6. The highest BCUT2D eigenvalue weighted by Gasteiger charge is 2.51. The van der Waals surface area contributed by atoms with Gasteiger partial charge in [-0.15, -0.1) is 0 Å². The van der Waals surface area contributed by atoms with Gasteiger partial charge < -0.3 is 30.3 Å². The lowest BCUT2D eigenvalue weighted by Crippen LogP contribution is -2.53. The van der Waals surface area contributed by atoms with E-state index in [0.717, 1.165) is 25.7 Å². The lowest BCUT2D eigenvalue weighted by atomic mass is 9.78. The number of nitrogens with one attached hydrogen (secondary N) is 2. The summed E-state index contributed by atoms with van der Waals surface area (Å²) >= 11 is 0. The van der Waals surface area contributed by atoms with E-state index in [0.29, 0.717) is 12.1 Å². The van der Waals surface area contributed by atoms with Crippen LogP contribution in [0.25, 0.3) is 0 Å². The molecule has 3 N–H and O–H groups in total. The number of aromatic hydroxyl groups is 1. The van der Waals surface area contributed by atoms with Gasteiger partial charge in [0.15, 0.2) is 0 Å². The minimum atomic E-state index is -0.777. The molecular formula is C26H33N5O6. The monoisotopic (exact) mass is 511 g/mol.